The highest BCUT2D eigenvalue weighted by Gasteiger charge is 2.38. The van der Waals surface area contributed by atoms with Crippen molar-refractivity contribution < 1.29 is 23.9 Å². The quantitative estimate of drug-likeness (QED) is 0.522. The third-order valence-corrected chi connectivity index (χ3v) is 8.39. The highest BCUT2D eigenvalue weighted by Crippen LogP contribution is 2.26. The van der Waals surface area contributed by atoms with Gasteiger partial charge in [0.05, 0.1) is 30.4 Å². The molecule has 216 valence electrons. The van der Waals surface area contributed by atoms with E-state index in [9.17, 15) is 14.4 Å². The molecule has 3 aliphatic heterocycles. The van der Waals surface area contributed by atoms with Crippen LogP contribution in [-0.2, 0) is 16.1 Å². The van der Waals surface area contributed by atoms with Crippen LogP contribution in [0.15, 0.2) is 41.1 Å². The van der Waals surface area contributed by atoms with Gasteiger partial charge in [-0.25, -0.2) is 4.79 Å². The minimum Gasteiger partial charge on any atom is -0.493 e. The maximum absolute atomic E-state index is 13.8. The Morgan fingerprint density at radius 2 is 2.00 bits per heavy atom. The lowest BCUT2D eigenvalue weighted by molar-refractivity contribution is -0.130. The normalized spacial score (nSPS) is 26.1. The van der Waals surface area contributed by atoms with E-state index in [0.717, 1.165) is 19.4 Å². The molecule has 4 amide bonds. The number of carbonyl (C=O) groups is 3. The Hall–Kier alpha value is -3.15. The van der Waals surface area contributed by atoms with Gasteiger partial charge in [-0.15, -0.1) is 0 Å². The molecule has 1 aromatic carbocycles. The van der Waals surface area contributed by atoms with Gasteiger partial charge < -0.3 is 30.3 Å². The van der Waals surface area contributed by atoms with Gasteiger partial charge >= 0.3 is 6.03 Å². The van der Waals surface area contributed by atoms with Gasteiger partial charge in [0.2, 0.25) is 5.91 Å². The summed E-state index contributed by atoms with van der Waals surface area (Å²) >= 11 is 1.65. The van der Waals surface area contributed by atoms with Crippen LogP contribution in [0.25, 0.3) is 0 Å². The first-order chi connectivity index (χ1) is 19.4. The highest BCUT2D eigenvalue weighted by molar-refractivity contribution is 7.07. The van der Waals surface area contributed by atoms with Crippen molar-refractivity contribution in [1.29, 1.82) is 0 Å². The van der Waals surface area contributed by atoms with Crippen molar-refractivity contribution in [1.82, 2.24) is 25.8 Å². The van der Waals surface area contributed by atoms with Crippen molar-refractivity contribution >= 4 is 29.2 Å². The summed E-state index contributed by atoms with van der Waals surface area (Å²) in [6, 6.07) is 8.17. The van der Waals surface area contributed by atoms with Gasteiger partial charge in [0.25, 0.3) is 5.91 Å². The first-order valence-electron chi connectivity index (χ1n) is 14.1. The minimum absolute atomic E-state index is 0.00725. The molecule has 4 heterocycles. The van der Waals surface area contributed by atoms with Crippen LogP contribution in [-0.4, -0.2) is 90.8 Å². The van der Waals surface area contributed by atoms with Gasteiger partial charge in [-0.3, -0.25) is 14.5 Å². The summed E-state index contributed by atoms with van der Waals surface area (Å²) in [5.41, 5.74) is 1.66. The Kier molecular flexibility index (Phi) is 9.23. The summed E-state index contributed by atoms with van der Waals surface area (Å²) in [7, 11) is 0. The topological polar surface area (TPSA) is 112 Å². The Bertz CT molecular complexity index is 1180. The second kappa shape index (κ2) is 13.0. The predicted molar refractivity (Wildman–Crippen MR) is 152 cm³/mol. The van der Waals surface area contributed by atoms with Crippen molar-refractivity contribution in [2.45, 2.75) is 70.0 Å². The number of rotatable bonds is 4. The number of nitrogens with zero attached hydrogens (tertiary/aromatic N) is 2. The number of urea groups is 1. The monoisotopic (exact) mass is 569 g/mol. The summed E-state index contributed by atoms with van der Waals surface area (Å²) in [6.45, 7) is 6.69. The fourth-order valence-corrected chi connectivity index (χ4v) is 6.30. The van der Waals surface area contributed by atoms with Crippen molar-refractivity contribution in [2.24, 2.45) is 0 Å². The number of fused-ring (bicyclic) bond motifs is 4. The molecule has 0 spiro atoms. The molecule has 1 aromatic heterocycles. The van der Waals surface area contributed by atoms with E-state index < -0.39 is 12.1 Å². The van der Waals surface area contributed by atoms with Crippen LogP contribution in [0.4, 0.5) is 4.79 Å². The Morgan fingerprint density at radius 1 is 1.15 bits per heavy atom. The van der Waals surface area contributed by atoms with E-state index in [2.05, 4.69) is 32.3 Å². The zero-order chi connectivity index (χ0) is 28.1. The van der Waals surface area contributed by atoms with Crippen LogP contribution in [0.5, 0.6) is 5.75 Å². The molecule has 5 rings (SSSR count). The largest absolute Gasteiger partial charge is 0.493 e. The summed E-state index contributed by atoms with van der Waals surface area (Å²) in [6.07, 6.45) is 1.66. The van der Waals surface area contributed by atoms with Crippen molar-refractivity contribution in [3.8, 4) is 5.75 Å². The minimum atomic E-state index is -0.675. The highest BCUT2D eigenvalue weighted by atomic mass is 32.1. The molecule has 4 atom stereocenters. The molecule has 11 heteroatoms. The molecule has 3 N–H and O–H groups in total. The number of amides is 4. The third kappa shape index (κ3) is 6.94. The predicted octanol–water partition coefficient (Wildman–Crippen LogP) is 2.60. The van der Waals surface area contributed by atoms with Crippen molar-refractivity contribution in [3.05, 3.63) is 52.2 Å². The van der Waals surface area contributed by atoms with Crippen LogP contribution < -0.4 is 20.7 Å². The summed E-state index contributed by atoms with van der Waals surface area (Å²) in [5.74, 6) is 0.0842. The number of ether oxygens (including phenoxy) is 2. The average molecular weight is 570 g/mol. The molecule has 0 aliphatic carbocycles. The number of para-hydroxylation sites is 1. The third-order valence-electron chi connectivity index (χ3n) is 7.66. The van der Waals surface area contributed by atoms with E-state index in [1.807, 2.05) is 31.4 Å². The Morgan fingerprint density at radius 3 is 2.80 bits per heavy atom. The molecular weight excluding hydrogens is 530 g/mol. The molecule has 0 saturated carbocycles. The van der Waals surface area contributed by atoms with Crippen molar-refractivity contribution in [3.63, 3.8) is 0 Å². The van der Waals surface area contributed by atoms with E-state index in [4.69, 9.17) is 9.47 Å². The molecule has 0 unspecified atom stereocenters. The standard InChI is InChI=1S/C29H39N5O5S/c1-19(2)31-29(37)32-23-8-7-21-9-13-38-25-6-4-3-5-22(25)28(36)34-12-11-33(16-20-10-14-40-18-20)17-24(34)27(35)30-15-26(23)39-21/h3-6,10,14,18-19,21,23-24,26H,7-9,11-13,15-17H2,1-2H3,(H,30,35)(H2,31,32,37)/t21-,23+,24-,26+/m0/s1. The fraction of sp³-hybridized carbons (Fsp3) is 0.552. The zero-order valence-electron chi connectivity index (χ0n) is 23.1. The molecule has 10 nitrogen and oxygen atoms in total. The van der Waals surface area contributed by atoms with Crippen LogP contribution in [0.1, 0.15) is 49.0 Å². The lowest BCUT2D eigenvalue weighted by atomic mass is 9.96. The Labute approximate surface area is 239 Å². The SMILES string of the molecule is CC(C)NC(=O)N[C@@H]1CC[C@H]2CCOc3ccccc3C(=O)N3CCN(Cc4ccsc4)C[C@H]3C(=O)NC[C@H]1O2. The van der Waals surface area contributed by atoms with E-state index >= 15 is 0 Å². The molecular formula is C29H39N5O5S. The average Bonchev–Trinajstić information content (AvgIpc) is 3.45. The van der Waals surface area contributed by atoms with Crippen LogP contribution in [0, 0.1) is 0 Å². The summed E-state index contributed by atoms with van der Waals surface area (Å²) < 4.78 is 12.5. The van der Waals surface area contributed by atoms with E-state index in [1.54, 1.807) is 28.4 Å². The zero-order valence-corrected chi connectivity index (χ0v) is 24.0. The number of hydrogen-bond acceptors (Lipinski definition) is 7. The maximum atomic E-state index is 13.8. The van der Waals surface area contributed by atoms with Crippen LogP contribution in [0.3, 0.4) is 0 Å². The number of carbonyl (C=O) groups excluding carboxylic acids is 3. The van der Waals surface area contributed by atoms with Gasteiger partial charge in [-0.2, -0.15) is 11.3 Å². The van der Waals surface area contributed by atoms with Gasteiger partial charge in [-0.05, 0) is 61.2 Å². The molecule has 0 radical (unpaired) electrons. The van der Waals surface area contributed by atoms with Gasteiger partial charge in [0.1, 0.15) is 11.8 Å². The van der Waals surface area contributed by atoms with Crippen LogP contribution >= 0.6 is 11.3 Å². The molecule has 2 saturated heterocycles. The molecule has 3 aliphatic rings. The lowest BCUT2D eigenvalue weighted by Crippen LogP contribution is -2.62. The second-order valence-corrected chi connectivity index (χ2v) is 11.8. The van der Waals surface area contributed by atoms with Gasteiger partial charge in [-0.1, -0.05) is 12.1 Å². The van der Waals surface area contributed by atoms with E-state index in [1.165, 1.54) is 5.56 Å². The smallest absolute Gasteiger partial charge is 0.315 e. The summed E-state index contributed by atoms with van der Waals surface area (Å²) in [5, 5.41) is 13.1. The molecule has 2 bridgehead atoms. The van der Waals surface area contributed by atoms with Crippen LogP contribution in [0.2, 0.25) is 0 Å². The maximum Gasteiger partial charge on any atom is 0.315 e. The summed E-state index contributed by atoms with van der Waals surface area (Å²) in [4.78, 5) is 43.9. The first-order valence-corrected chi connectivity index (χ1v) is 15.1. The number of thiophene rings is 1. The van der Waals surface area contributed by atoms with E-state index in [0.29, 0.717) is 44.0 Å². The Balaban J connectivity index is 1.38. The second-order valence-electron chi connectivity index (χ2n) is 11.0. The van der Waals surface area contributed by atoms with Crippen molar-refractivity contribution in [2.75, 3.05) is 32.8 Å². The lowest BCUT2D eigenvalue weighted by Gasteiger charge is -2.41. The molecule has 40 heavy (non-hydrogen) atoms. The number of piperazine rings is 1. The van der Waals surface area contributed by atoms with Gasteiger partial charge in [0.15, 0.2) is 0 Å². The number of nitrogens with one attached hydrogen (secondary N) is 3. The van der Waals surface area contributed by atoms with Gasteiger partial charge in [0, 0.05) is 45.2 Å². The molecule has 2 aromatic rings. The first kappa shape index (κ1) is 28.4. The number of hydrogen-bond donors (Lipinski definition) is 3. The number of benzene rings is 1. The van der Waals surface area contributed by atoms with E-state index in [-0.39, 0.29) is 42.6 Å². The fourth-order valence-electron chi connectivity index (χ4n) is 5.64. The molecule has 2 fully saturated rings.